The van der Waals surface area contributed by atoms with Crippen molar-refractivity contribution in [3.63, 3.8) is 0 Å². The normalized spacial score (nSPS) is 23.9. The SMILES string of the molecule is C#CCN(CC(=C)Cl)[C@@H]1CCS(=O)(=O)C1. The van der Waals surface area contributed by atoms with Crippen molar-refractivity contribution in [3.05, 3.63) is 11.6 Å². The lowest BCUT2D eigenvalue weighted by Gasteiger charge is -2.25. The first-order valence-electron chi connectivity index (χ1n) is 4.66. The molecule has 0 aliphatic carbocycles. The summed E-state index contributed by atoms with van der Waals surface area (Å²) >= 11 is 5.70. The molecule has 3 nitrogen and oxygen atoms in total. The van der Waals surface area contributed by atoms with Gasteiger partial charge in [0.1, 0.15) is 0 Å². The standard InChI is InChI=1S/C10H14ClNO2S/c1-3-5-12(7-9(2)11)10-4-6-15(13,14)8-10/h1,10H,2,4-8H2/t10-/m1/s1. The summed E-state index contributed by atoms with van der Waals surface area (Å²) in [4.78, 5) is 1.89. The van der Waals surface area contributed by atoms with Crippen molar-refractivity contribution < 1.29 is 8.42 Å². The van der Waals surface area contributed by atoms with Gasteiger partial charge in [0.15, 0.2) is 9.84 Å². The van der Waals surface area contributed by atoms with E-state index in [1.54, 1.807) is 0 Å². The molecular formula is C10H14ClNO2S. The van der Waals surface area contributed by atoms with E-state index in [1.807, 2.05) is 4.90 Å². The molecule has 1 aliphatic rings. The van der Waals surface area contributed by atoms with Gasteiger partial charge in [-0.25, -0.2) is 8.42 Å². The number of rotatable bonds is 4. The molecule has 1 aliphatic heterocycles. The van der Waals surface area contributed by atoms with Gasteiger partial charge in [0.2, 0.25) is 0 Å². The molecule has 0 unspecified atom stereocenters. The van der Waals surface area contributed by atoms with E-state index in [1.165, 1.54) is 0 Å². The molecule has 0 amide bonds. The van der Waals surface area contributed by atoms with Gasteiger partial charge in [-0.2, -0.15) is 0 Å². The van der Waals surface area contributed by atoms with Gasteiger partial charge in [-0.15, -0.1) is 6.42 Å². The Morgan fingerprint density at radius 1 is 1.67 bits per heavy atom. The van der Waals surface area contributed by atoms with Crippen molar-refractivity contribution in [2.45, 2.75) is 12.5 Å². The number of hydrogen-bond donors (Lipinski definition) is 0. The number of terminal acetylenes is 1. The molecule has 0 aromatic carbocycles. The first-order chi connectivity index (χ1) is 6.94. The Balaban J connectivity index is 2.66. The minimum atomic E-state index is -2.88. The van der Waals surface area contributed by atoms with Gasteiger partial charge in [0, 0.05) is 17.6 Å². The van der Waals surface area contributed by atoms with Crippen LogP contribution in [0.5, 0.6) is 0 Å². The fraction of sp³-hybridized carbons (Fsp3) is 0.600. The number of halogens is 1. The van der Waals surface area contributed by atoms with Gasteiger partial charge in [-0.05, 0) is 6.42 Å². The maximum absolute atomic E-state index is 11.3. The highest BCUT2D eigenvalue weighted by molar-refractivity contribution is 7.91. The van der Waals surface area contributed by atoms with Crippen LogP contribution in [-0.2, 0) is 9.84 Å². The van der Waals surface area contributed by atoms with Crippen LogP contribution in [0.15, 0.2) is 11.6 Å². The fourth-order valence-corrected chi connectivity index (χ4v) is 3.63. The lowest BCUT2D eigenvalue weighted by atomic mass is 10.2. The van der Waals surface area contributed by atoms with Gasteiger partial charge in [0.25, 0.3) is 0 Å². The summed E-state index contributed by atoms with van der Waals surface area (Å²) in [6, 6.07) is -0.0125. The largest absolute Gasteiger partial charge is 0.283 e. The van der Waals surface area contributed by atoms with Crippen LogP contribution in [0, 0.1) is 12.3 Å². The first kappa shape index (κ1) is 12.6. The minimum absolute atomic E-state index is 0.0125. The van der Waals surface area contributed by atoms with Gasteiger partial charge >= 0.3 is 0 Å². The lowest BCUT2D eigenvalue weighted by Crippen LogP contribution is -2.37. The molecule has 0 spiro atoms. The van der Waals surface area contributed by atoms with Crippen molar-refractivity contribution in [3.8, 4) is 12.3 Å². The highest BCUT2D eigenvalue weighted by Gasteiger charge is 2.31. The fourth-order valence-electron chi connectivity index (χ4n) is 1.72. The minimum Gasteiger partial charge on any atom is -0.283 e. The highest BCUT2D eigenvalue weighted by Crippen LogP contribution is 2.18. The monoisotopic (exact) mass is 247 g/mol. The second-order valence-corrected chi connectivity index (χ2v) is 6.45. The third-order valence-corrected chi connectivity index (χ3v) is 4.26. The van der Waals surface area contributed by atoms with E-state index < -0.39 is 9.84 Å². The maximum atomic E-state index is 11.3. The van der Waals surface area contributed by atoms with Crippen LogP contribution in [-0.4, -0.2) is 44.0 Å². The summed E-state index contributed by atoms with van der Waals surface area (Å²) in [6.07, 6.45) is 5.86. The van der Waals surface area contributed by atoms with Crippen LogP contribution in [0.4, 0.5) is 0 Å². The van der Waals surface area contributed by atoms with Gasteiger partial charge in [-0.1, -0.05) is 24.1 Å². The van der Waals surface area contributed by atoms with Crippen molar-refractivity contribution >= 4 is 21.4 Å². The van der Waals surface area contributed by atoms with Crippen molar-refractivity contribution in [1.29, 1.82) is 0 Å². The number of nitrogens with zero attached hydrogens (tertiary/aromatic N) is 1. The molecule has 1 heterocycles. The first-order valence-corrected chi connectivity index (χ1v) is 6.86. The predicted molar refractivity (Wildman–Crippen MR) is 62.5 cm³/mol. The lowest BCUT2D eigenvalue weighted by molar-refractivity contribution is 0.263. The van der Waals surface area contributed by atoms with E-state index in [2.05, 4.69) is 12.5 Å². The van der Waals surface area contributed by atoms with E-state index in [9.17, 15) is 8.42 Å². The molecular weight excluding hydrogens is 234 g/mol. The smallest absolute Gasteiger partial charge is 0.151 e. The summed E-state index contributed by atoms with van der Waals surface area (Å²) < 4.78 is 22.6. The van der Waals surface area contributed by atoms with Crippen molar-refractivity contribution in [1.82, 2.24) is 4.90 Å². The zero-order valence-corrected chi connectivity index (χ0v) is 10.0. The molecule has 0 radical (unpaired) electrons. The van der Waals surface area contributed by atoms with Crippen LogP contribution >= 0.6 is 11.6 Å². The number of sulfone groups is 1. The van der Waals surface area contributed by atoms with E-state index in [-0.39, 0.29) is 17.5 Å². The summed E-state index contributed by atoms with van der Waals surface area (Å²) in [5, 5.41) is 0.481. The molecule has 0 aromatic rings. The third-order valence-electron chi connectivity index (χ3n) is 2.39. The van der Waals surface area contributed by atoms with Gasteiger partial charge < -0.3 is 0 Å². The van der Waals surface area contributed by atoms with E-state index in [0.717, 1.165) is 0 Å². The van der Waals surface area contributed by atoms with Crippen molar-refractivity contribution in [2.75, 3.05) is 24.6 Å². The van der Waals surface area contributed by atoms with Crippen LogP contribution in [0.25, 0.3) is 0 Å². The topological polar surface area (TPSA) is 37.4 Å². The second kappa shape index (κ2) is 5.02. The molecule has 0 N–H and O–H groups in total. The van der Waals surface area contributed by atoms with Gasteiger partial charge in [0.05, 0.1) is 18.1 Å². The molecule has 15 heavy (non-hydrogen) atoms. The Morgan fingerprint density at radius 2 is 2.33 bits per heavy atom. The second-order valence-electron chi connectivity index (χ2n) is 3.68. The average Bonchev–Trinajstić information content (AvgIpc) is 2.44. The Labute approximate surface area is 96.0 Å². The molecule has 1 fully saturated rings. The molecule has 1 rings (SSSR count). The Hall–Kier alpha value is -0.500. The zero-order chi connectivity index (χ0) is 11.5. The zero-order valence-electron chi connectivity index (χ0n) is 8.45. The van der Waals surface area contributed by atoms with Gasteiger partial charge in [-0.3, -0.25) is 4.90 Å². The predicted octanol–water partition coefficient (Wildman–Crippen LogP) is 0.861. The molecule has 1 saturated heterocycles. The molecule has 84 valence electrons. The summed E-state index contributed by atoms with van der Waals surface area (Å²) in [6.45, 7) is 4.45. The van der Waals surface area contributed by atoms with Crippen LogP contribution < -0.4 is 0 Å². The molecule has 5 heteroatoms. The van der Waals surface area contributed by atoms with E-state index >= 15 is 0 Å². The maximum Gasteiger partial charge on any atom is 0.151 e. The van der Waals surface area contributed by atoms with Crippen LogP contribution in [0.2, 0.25) is 0 Å². The Morgan fingerprint density at radius 3 is 2.73 bits per heavy atom. The van der Waals surface area contributed by atoms with Crippen LogP contribution in [0.3, 0.4) is 0 Å². The van der Waals surface area contributed by atoms with E-state index in [4.69, 9.17) is 18.0 Å². The summed E-state index contributed by atoms with van der Waals surface area (Å²) in [5.74, 6) is 2.93. The summed E-state index contributed by atoms with van der Waals surface area (Å²) in [5.41, 5.74) is 0. The van der Waals surface area contributed by atoms with Crippen LogP contribution in [0.1, 0.15) is 6.42 Å². The highest BCUT2D eigenvalue weighted by atomic mass is 35.5. The average molecular weight is 248 g/mol. The van der Waals surface area contributed by atoms with Crippen molar-refractivity contribution in [2.24, 2.45) is 0 Å². The third kappa shape index (κ3) is 3.86. The summed E-state index contributed by atoms with van der Waals surface area (Å²) in [7, 11) is -2.88. The molecule has 1 atom stereocenters. The Kier molecular flexibility index (Phi) is 4.21. The molecule has 0 bridgehead atoms. The number of hydrogen-bond acceptors (Lipinski definition) is 3. The Bertz CT molecular complexity index is 383. The van der Waals surface area contributed by atoms with E-state index in [0.29, 0.717) is 24.5 Å². The molecule has 0 saturated carbocycles. The quantitative estimate of drug-likeness (QED) is 0.692. The molecule has 0 aromatic heterocycles.